The van der Waals surface area contributed by atoms with Crippen molar-refractivity contribution in [1.82, 2.24) is 10.3 Å². The minimum absolute atomic E-state index is 0.126. The number of methoxy groups -OCH3 is 1. The summed E-state index contributed by atoms with van der Waals surface area (Å²) in [5.41, 5.74) is 2.85. The van der Waals surface area contributed by atoms with E-state index in [2.05, 4.69) is 31.5 Å². The second kappa shape index (κ2) is 12.1. The predicted octanol–water partition coefficient (Wildman–Crippen LogP) is 4.35. The molecule has 0 radical (unpaired) electrons. The van der Waals surface area contributed by atoms with Crippen LogP contribution in [0.25, 0.3) is 0 Å². The van der Waals surface area contributed by atoms with Gasteiger partial charge >= 0.3 is 0 Å². The number of hydrogen-bond acceptors (Lipinski definition) is 6. The largest absolute Gasteiger partial charge is 0.493 e. The van der Waals surface area contributed by atoms with Crippen LogP contribution in [-0.2, 0) is 11.3 Å². The number of pyridine rings is 1. The van der Waals surface area contributed by atoms with Crippen LogP contribution in [0.1, 0.15) is 11.1 Å². The lowest BCUT2D eigenvalue weighted by atomic mass is 10.2. The molecule has 168 valence electrons. The van der Waals surface area contributed by atoms with Crippen LogP contribution in [0.3, 0.4) is 0 Å². The van der Waals surface area contributed by atoms with E-state index < -0.39 is 0 Å². The predicted molar refractivity (Wildman–Crippen MR) is 127 cm³/mol. The summed E-state index contributed by atoms with van der Waals surface area (Å²) in [5, 5.41) is 6.13. The number of aryl methyl sites for hydroxylation is 1. The van der Waals surface area contributed by atoms with Gasteiger partial charge in [0.1, 0.15) is 6.61 Å². The first-order chi connectivity index (χ1) is 15.5. The van der Waals surface area contributed by atoms with E-state index in [1.165, 1.54) is 0 Å². The molecule has 7 nitrogen and oxygen atoms in total. The van der Waals surface area contributed by atoms with Gasteiger partial charge in [0.15, 0.2) is 18.1 Å². The normalized spacial score (nSPS) is 10.5. The number of amides is 1. The fraction of sp³-hybridized carbons (Fsp3) is 0.250. The summed E-state index contributed by atoms with van der Waals surface area (Å²) in [7, 11) is 1.57. The molecule has 0 unspecified atom stereocenters. The monoisotopic (exact) mass is 499 g/mol. The van der Waals surface area contributed by atoms with Crippen LogP contribution < -0.4 is 24.8 Å². The Hall–Kier alpha value is -3.10. The molecule has 1 heterocycles. The lowest BCUT2D eigenvalue weighted by molar-refractivity contribution is -0.118. The van der Waals surface area contributed by atoms with Crippen molar-refractivity contribution in [3.63, 3.8) is 0 Å². The number of hydrogen-bond donors (Lipinski definition) is 2. The topological polar surface area (TPSA) is 81.7 Å². The van der Waals surface area contributed by atoms with Crippen molar-refractivity contribution in [2.45, 2.75) is 13.5 Å². The number of nitrogens with one attached hydrogen (secondary N) is 2. The zero-order chi connectivity index (χ0) is 22.8. The molecule has 1 aromatic heterocycles. The van der Waals surface area contributed by atoms with Crippen LogP contribution in [0.5, 0.6) is 17.4 Å². The first kappa shape index (κ1) is 23.6. The number of carbonyl (C=O) groups is 1. The van der Waals surface area contributed by atoms with E-state index in [1.807, 2.05) is 55.5 Å². The Labute approximate surface area is 196 Å². The number of halogens is 1. The van der Waals surface area contributed by atoms with Gasteiger partial charge < -0.3 is 24.8 Å². The highest BCUT2D eigenvalue weighted by molar-refractivity contribution is 9.10. The molecular formula is C24H26BrN3O4. The van der Waals surface area contributed by atoms with E-state index >= 15 is 0 Å². The van der Waals surface area contributed by atoms with E-state index in [-0.39, 0.29) is 12.5 Å². The maximum Gasteiger partial charge on any atom is 0.262 e. The minimum Gasteiger partial charge on any atom is -0.493 e. The van der Waals surface area contributed by atoms with Gasteiger partial charge in [0.2, 0.25) is 5.88 Å². The Morgan fingerprint density at radius 1 is 1.06 bits per heavy atom. The van der Waals surface area contributed by atoms with Crippen molar-refractivity contribution in [3.8, 4) is 17.4 Å². The average Bonchev–Trinajstić information content (AvgIpc) is 2.80. The highest BCUT2D eigenvalue weighted by Crippen LogP contribution is 2.33. The number of rotatable bonds is 11. The number of benzene rings is 2. The van der Waals surface area contributed by atoms with Crippen LogP contribution in [0.2, 0.25) is 0 Å². The molecule has 2 aromatic carbocycles. The van der Waals surface area contributed by atoms with Crippen LogP contribution in [0.4, 0.5) is 5.69 Å². The molecule has 0 fully saturated rings. The van der Waals surface area contributed by atoms with Gasteiger partial charge in [-0.25, -0.2) is 4.98 Å². The highest BCUT2D eigenvalue weighted by atomic mass is 79.9. The number of ether oxygens (including phenoxy) is 3. The maximum atomic E-state index is 12.2. The van der Waals surface area contributed by atoms with Gasteiger partial charge in [-0.1, -0.05) is 39.7 Å². The third-order valence-corrected chi connectivity index (χ3v) is 5.25. The number of nitrogens with zero attached hydrogens (tertiary/aromatic N) is 1. The van der Waals surface area contributed by atoms with Crippen molar-refractivity contribution in [3.05, 3.63) is 76.4 Å². The van der Waals surface area contributed by atoms with Crippen LogP contribution in [0, 0.1) is 6.92 Å². The van der Waals surface area contributed by atoms with E-state index in [9.17, 15) is 4.79 Å². The van der Waals surface area contributed by atoms with Crippen LogP contribution >= 0.6 is 15.9 Å². The molecule has 0 saturated carbocycles. The fourth-order valence-electron chi connectivity index (χ4n) is 2.85. The van der Waals surface area contributed by atoms with Gasteiger partial charge in [-0.15, -0.1) is 0 Å². The Kier molecular flexibility index (Phi) is 8.89. The SMILES string of the molecule is COc1cc(CNCCOc2ccccn2)c(Br)cc1OCC(=O)Nc1ccc(C)cc1. The second-order valence-electron chi connectivity index (χ2n) is 6.99. The molecule has 0 atom stereocenters. The van der Waals surface area contributed by atoms with Gasteiger partial charge in [-0.2, -0.15) is 0 Å². The first-order valence-corrected chi connectivity index (χ1v) is 10.9. The van der Waals surface area contributed by atoms with Crippen molar-refractivity contribution < 1.29 is 19.0 Å². The molecule has 32 heavy (non-hydrogen) atoms. The molecule has 0 saturated heterocycles. The average molecular weight is 500 g/mol. The molecule has 1 amide bonds. The zero-order valence-corrected chi connectivity index (χ0v) is 19.6. The summed E-state index contributed by atoms with van der Waals surface area (Å²) in [4.78, 5) is 16.3. The molecule has 0 aliphatic rings. The zero-order valence-electron chi connectivity index (χ0n) is 18.1. The molecule has 3 aromatic rings. The molecule has 0 aliphatic carbocycles. The molecule has 0 spiro atoms. The van der Waals surface area contributed by atoms with Gasteiger partial charge in [0.05, 0.1) is 7.11 Å². The Morgan fingerprint density at radius 2 is 1.88 bits per heavy atom. The molecule has 8 heteroatoms. The van der Waals surface area contributed by atoms with Crippen molar-refractivity contribution >= 4 is 27.5 Å². The van der Waals surface area contributed by atoms with Gasteiger partial charge in [-0.3, -0.25) is 4.79 Å². The summed E-state index contributed by atoms with van der Waals surface area (Å²) in [6.07, 6.45) is 1.70. The Morgan fingerprint density at radius 3 is 2.59 bits per heavy atom. The van der Waals surface area contributed by atoms with E-state index in [0.29, 0.717) is 37.1 Å². The van der Waals surface area contributed by atoms with Gasteiger partial charge in [-0.05, 0) is 42.8 Å². The number of aromatic nitrogens is 1. The number of carbonyl (C=O) groups excluding carboxylic acids is 1. The summed E-state index contributed by atoms with van der Waals surface area (Å²) < 4.78 is 17.6. The van der Waals surface area contributed by atoms with E-state index in [0.717, 1.165) is 21.3 Å². The lowest BCUT2D eigenvalue weighted by Crippen LogP contribution is -2.21. The number of anilines is 1. The summed E-state index contributed by atoms with van der Waals surface area (Å²) >= 11 is 3.57. The van der Waals surface area contributed by atoms with E-state index in [1.54, 1.807) is 19.4 Å². The maximum absolute atomic E-state index is 12.2. The van der Waals surface area contributed by atoms with E-state index in [4.69, 9.17) is 14.2 Å². The summed E-state index contributed by atoms with van der Waals surface area (Å²) in [5.74, 6) is 1.40. The third kappa shape index (κ3) is 7.25. The smallest absolute Gasteiger partial charge is 0.262 e. The quantitative estimate of drug-likeness (QED) is 0.381. The fourth-order valence-corrected chi connectivity index (χ4v) is 3.31. The summed E-state index contributed by atoms with van der Waals surface area (Å²) in [6, 6.07) is 16.8. The minimum atomic E-state index is -0.245. The molecular weight excluding hydrogens is 474 g/mol. The Bertz CT molecular complexity index is 1010. The standard InChI is InChI=1S/C24H26BrN3O4/c1-17-6-8-19(9-7-17)28-23(29)16-32-22-14-20(25)18(13-21(22)30-2)15-26-11-12-31-24-5-3-4-10-27-24/h3-10,13-14,26H,11-12,15-16H2,1-2H3,(H,28,29). The van der Waals surface area contributed by atoms with Crippen LogP contribution in [-0.4, -0.2) is 37.8 Å². The molecule has 3 rings (SSSR count). The molecule has 0 aliphatic heterocycles. The summed E-state index contributed by atoms with van der Waals surface area (Å²) in [6.45, 7) is 3.63. The molecule has 0 bridgehead atoms. The highest BCUT2D eigenvalue weighted by Gasteiger charge is 2.12. The van der Waals surface area contributed by atoms with Crippen molar-refractivity contribution in [2.24, 2.45) is 0 Å². The Balaban J connectivity index is 1.49. The first-order valence-electron chi connectivity index (χ1n) is 10.2. The van der Waals surface area contributed by atoms with Crippen molar-refractivity contribution in [1.29, 1.82) is 0 Å². The lowest BCUT2D eigenvalue weighted by Gasteiger charge is -2.14. The van der Waals surface area contributed by atoms with Gasteiger partial charge in [0, 0.05) is 35.5 Å². The second-order valence-corrected chi connectivity index (χ2v) is 7.84. The molecule has 2 N–H and O–H groups in total. The van der Waals surface area contributed by atoms with Gasteiger partial charge in [0.25, 0.3) is 5.91 Å². The van der Waals surface area contributed by atoms with Crippen molar-refractivity contribution in [2.75, 3.05) is 32.2 Å². The van der Waals surface area contributed by atoms with Crippen LogP contribution in [0.15, 0.2) is 65.3 Å². The third-order valence-electron chi connectivity index (χ3n) is 4.51.